The normalized spacial score (nSPS) is 15.0. The molecule has 1 aliphatic rings. The van der Waals surface area contributed by atoms with Crippen LogP contribution in [0, 0.1) is 5.41 Å². The van der Waals surface area contributed by atoms with Crippen molar-refractivity contribution in [3.63, 3.8) is 0 Å². The molecule has 0 unspecified atom stereocenters. The zero-order chi connectivity index (χ0) is 24.2. The Labute approximate surface area is 205 Å². The molecule has 0 aromatic heterocycles. The van der Waals surface area contributed by atoms with Gasteiger partial charge in [-0.3, -0.25) is 9.69 Å². The first-order valence-corrected chi connectivity index (χ1v) is 12.4. The molecule has 4 heteroatoms. The van der Waals surface area contributed by atoms with E-state index >= 15 is 0 Å². The summed E-state index contributed by atoms with van der Waals surface area (Å²) in [6.07, 6.45) is 3.08. The van der Waals surface area contributed by atoms with Gasteiger partial charge < -0.3 is 10.1 Å². The number of nitrogens with zero attached hydrogens (tertiary/aromatic N) is 1. The summed E-state index contributed by atoms with van der Waals surface area (Å²) in [5, 5.41) is 3.23. The van der Waals surface area contributed by atoms with Crippen LogP contribution in [0.5, 0.6) is 5.75 Å². The van der Waals surface area contributed by atoms with Gasteiger partial charge >= 0.3 is 0 Å². The Balaban J connectivity index is 0.00000158. The lowest BCUT2D eigenvalue weighted by Crippen LogP contribution is -2.47. The lowest BCUT2D eigenvalue weighted by atomic mass is 9.73. The molecular formula is C30H38N2O2. The first-order chi connectivity index (χ1) is 16.7. The summed E-state index contributed by atoms with van der Waals surface area (Å²) in [6, 6.07) is 28.7. The Hall–Kier alpha value is -3.11. The van der Waals surface area contributed by atoms with Crippen LogP contribution < -0.4 is 10.1 Å². The second-order valence-electron chi connectivity index (χ2n) is 8.81. The Kier molecular flexibility index (Phi) is 9.72. The number of likely N-dealkylation sites (tertiary alicyclic amines) is 1. The van der Waals surface area contributed by atoms with Crippen LogP contribution in [0.3, 0.4) is 0 Å². The fourth-order valence-corrected chi connectivity index (χ4v) is 4.67. The van der Waals surface area contributed by atoms with Crippen molar-refractivity contribution in [2.45, 2.75) is 39.7 Å². The van der Waals surface area contributed by atoms with Crippen molar-refractivity contribution in [3.05, 3.63) is 102 Å². The van der Waals surface area contributed by atoms with E-state index in [9.17, 15) is 4.79 Å². The number of piperidine rings is 1. The van der Waals surface area contributed by atoms with Gasteiger partial charge in [0, 0.05) is 13.1 Å². The number of benzene rings is 3. The minimum absolute atomic E-state index is 0.0478. The highest BCUT2D eigenvalue weighted by molar-refractivity contribution is 5.96. The van der Waals surface area contributed by atoms with E-state index in [1.807, 2.05) is 38.1 Å². The van der Waals surface area contributed by atoms with E-state index in [1.54, 1.807) is 7.11 Å². The van der Waals surface area contributed by atoms with E-state index < -0.39 is 0 Å². The summed E-state index contributed by atoms with van der Waals surface area (Å²) in [5.74, 6) is 0.543. The zero-order valence-corrected chi connectivity index (χ0v) is 20.8. The lowest BCUT2D eigenvalue weighted by Gasteiger charge is -2.42. The summed E-state index contributed by atoms with van der Waals surface area (Å²) in [4.78, 5) is 15.5. The van der Waals surface area contributed by atoms with E-state index in [2.05, 4.69) is 70.9 Å². The quantitative estimate of drug-likeness (QED) is 0.452. The number of hydrogen-bond acceptors (Lipinski definition) is 3. The number of rotatable bonds is 8. The summed E-state index contributed by atoms with van der Waals surface area (Å²) in [7, 11) is 1.60. The summed E-state index contributed by atoms with van der Waals surface area (Å²) < 4.78 is 5.38. The molecule has 0 radical (unpaired) electrons. The SMILES string of the molecule is CC.COc1ccccc1C(=O)NCC1(Cc2ccccc2)CCN(Cc2ccccc2)CC1. The van der Waals surface area contributed by atoms with Gasteiger partial charge in [0.15, 0.2) is 0 Å². The molecule has 180 valence electrons. The third-order valence-electron chi connectivity index (χ3n) is 6.56. The summed E-state index contributed by atoms with van der Waals surface area (Å²) in [5.41, 5.74) is 3.32. The van der Waals surface area contributed by atoms with Gasteiger partial charge in [0.2, 0.25) is 0 Å². The Morgan fingerprint density at radius 2 is 1.41 bits per heavy atom. The van der Waals surface area contributed by atoms with Crippen molar-refractivity contribution in [2.75, 3.05) is 26.7 Å². The van der Waals surface area contributed by atoms with E-state index in [-0.39, 0.29) is 11.3 Å². The number of hydrogen-bond donors (Lipinski definition) is 1. The number of amides is 1. The van der Waals surface area contributed by atoms with Gasteiger partial charge in [-0.2, -0.15) is 0 Å². The van der Waals surface area contributed by atoms with Crippen LogP contribution >= 0.6 is 0 Å². The maximum atomic E-state index is 13.0. The van der Waals surface area contributed by atoms with Crippen molar-refractivity contribution >= 4 is 5.91 Å². The topological polar surface area (TPSA) is 41.6 Å². The third-order valence-corrected chi connectivity index (χ3v) is 6.56. The number of carbonyl (C=O) groups is 1. The maximum Gasteiger partial charge on any atom is 0.255 e. The standard InChI is InChI=1S/C28H32N2O2.C2H6/c1-32-26-15-9-8-14-25(26)27(31)29-22-28(20-23-10-4-2-5-11-23)16-18-30(19-17-28)21-24-12-6-3-7-13-24;1-2/h2-15H,16-22H2,1H3,(H,29,31);1-2H3. The van der Waals surface area contributed by atoms with Crippen LogP contribution in [0.25, 0.3) is 0 Å². The van der Waals surface area contributed by atoms with Gasteiger partial charge in [0.05, 0.1) is 12.7 Å². The average molecular weight is 459 g/mol. The van der Waals surface area contributed by atoms with Crippen LogP contribution in [0.1, 0.15) is 48.2 Å². The molecule has 1 N–H and O–H groups in total. The van der Waals surface area contributed by atoms with Gasteiger partial charge in [-0.25, -0.2) is 0 Å². The maximum absolute atomic E-state index is 13.0. The second kappa shape index (κ2) is 13.0. The fourth-order valence-electron chi connectivity index (χ4n) is 4.67. The van der Waals surface area contributed by atoms with Gasteiger partial charge in [0.1, 0.15) is 5.75 Å². The van der Waals surface area contributed by atoms with E-state index in [0.29, 0.717) is 17.9 Å². The molecule has 1 fully saturated rings. The van der Waals surface area contributed by atoms with Crippen molar-refractivity contribution in [2.24, 2.45) is 5.41 Å². The monoisotopic (exact) mass is 458 g/mol. The summed E-state index contributed by atoms with van der Waals surface area (Å²) in [6.45, 7) is 7.71. The molecule has 3 aromatic carbocycles. The number of nitrogens with one attached hydrogen (secondary N) is 1. The Morgan fingerprint density at radius 3 is 2.03 bits per heavy atom. The van der Waals surface area contributed by atoms with Crippen molar-refractivity contribution < 1.29 is 9.53 Å². The Bertz CT molecular complexity index is 997. The van der Waals surface area contributed by atoms with Crippen molar-refractivity contribution in [1.29, 1.82) is 0 Å². The molecule has 4 nitrogen and oxygen atoms in total. The second-order valence-corrected chi connectivity index (χ2v) is 8.81. The number of para-hydroxylation sites is 1. The number of carbonyl (C=O) groups excluding carboxylic acids is 1. The van der Waals surface area contributed by atoms with E-state index in [4.69, 9.17) is 4.74 Å². The van der Waals surface area contributed by atoms with Crippen molar-refractivity contribution in [3.8, 4) is 5.75 Å². The molecule has 0 spiro atoms. The minimum atomic E-state index is -0.0680. The molecule has 0 atom stereocenters. The van der Waals surface area contributed by atoms with E-state index in [0.717, 1.165) is 38.9 Å². The highest BCUT2D eigenvalue weighted by Crippen LogP contribution is 2.35. The highest BCUT2D eigenvalue weighted by Gasteiger charge is 2.35. The van der Waals surface area contributed by atoms with Crippen LogP contribution in [-0.4, -0.2) is 37.6 Å². The molecular weight excluding hydrogens is 420 g/mol. The number of ether oxygens (including phenoxy) is 1. The predicted octanol–water partition coefficient (Wildman–Crippen LogP) is 5.98. The first-order valence-electron chi connectivity index (χ1n) is 12.4. The molecule has 3 aromatic rings. The van der Waals surface area contributed by atoms with Gasteiger partial charge in [-0.15, -0.1) is 0 Å². The molecule has 34 heavy (non-hydrogen) atoms. The van der Waals surface area contributed by atoms with Gasteiger partial charge in [-0.1, -0.05) is 86.6 Å². The zero-order valence-electron chi connectivity index (χ0n) is 20.8. The summed E-state index contributed by atoms with van der Waals surface area (Å²) >= 11 is 0. The molecule has 1 saturated heterocycles. The lowest BCUT2D eigenvalue weighted by molar-refractivity contribution is 0.0804. The molecule has 1 heterocycles. The highest BCUT2D eigenvalue weighted by atomic mass is 16.5. The average Bonchev–Trinajstić information content (AvgIpc) is 2.91. The van der Waals surface area contributed by atoms with Crippen molar-refractivity contribution in [1.82, 2.24) is 10.2 Å². The van der Waals surface area contributed by atoms with Gasteiger partial charge in [0.25, 0.3) is 5.91 Å². The predicted molar refractivity (Wildman–Crippen MR) is 140 cm³/mol. The molecule has 1 amide bonds. The Morgan fingerprint density at radius 1 is 0.853 bits per heavy atom. The molecule has 4 rings (SSSR count). The van der Waals surface area contributed by atoms with Crippen LogP contribution in [-0.2, 0) is 13.0 Å². The molecule has 1 aliphatic heterocycles. The largest absolute Gasteiger partial charge is 0.496 e. The third kappa shape index (κ3) is 6.94. The molecule has 0 bridgehead atoms. The smallest absolute Gasteiger partial charge is 0.255 e. The number of methoxy groups -OCH3 is 1. The van der Waals surface area contributed by atoms with E-state index in [1.165, 1.54) is 11.1 Å². The molecule has 0 saturated carbocycles. The van der Waals surface area contributed by atoms with Crippen LogP contribution in [0.2, 0.25) is 0 Å². The fraction of sp³-hybridized carbons (Fsp3) is 0.367. The van der Waals surface area contributed by atoms with Crippen LogP contribution in [0.15, 0.2) is 84.9 Å². The molecule has 0 aliphatic carbocycles. The van der Waals surface area contributed by atoms with Crippen LogP contribution in [0.4, 0.5) is 0 Å². The first kappa shape index (κ1) is 25.5. The minimum Gasteiger partial charge on any atom is -0.496 e. The van der Waals surface area contributed by atoms with Gasteiger partial charge in [-0.05, 0) is 61.0 Å².